The Labute approximate surface area is 126 Å². The van der Waals surface area contributed by atoms with Crippen LogP contribution in [-0.2, 0) is 14.3 Å². The van der Waals surface area contributed by atoms with Gasteiger partial charge in [-0.2, -0.15) is 0 Å². The molecule has 6 heteroatoms. The minimum absolute atomic E-state index is 0.0617. The lowest BCUT2D eigenvalue weighted by Gasteiger charge is -2.31. The van der Waals surface area contributed by atoms with Crippen molar-refractivity contribution in [1.29, 1.82) is 0 Å². The van der Waals surface area contributed by atoms with E-state index in [1.165, 1.54) is 18.4 Å². The number of carbonyl (C=O) groups is 2. The Hall–Kier alpha value is -1.92. The number of benzene rings is 1. The molecule has 1 aromatic carbocycles. The van der Waals surface area contributed by atoms with Gasteiger partial charge in [0.15, 0.2) is 6.10 Å². The summed E-state index contributed by atoms with van der Waals surface area (Å²) in [5, 5.41) is 1.06. The Kier molecular flexibility index (Phi) is 3.90. The Bertz CT molecular complexity index is 648. The van der Waals surface area contributed by atoms with Crippen LogP contribution in [0.5, 0.6) is 0 Å². The molecule has 1 atom stereocenters. The van der Waals surface area contributed by atoms with Crippen LogP contribution in [0.3, 0.4) is 0 Å². The van der Waals surface area contributed by atoms with Crippen molar-refractivity contribution >= 4 is 33.3 Å². The zero-order chi connectivity index (χ0) is 14.8. The molecule has 110 valence electrons. The van der Waals surface area contributed by atoms with Crippen molar-refractivity contribution in [2.45, 2.75) is 6.10 Å². The molecule has 1 unspecified atom stereocenters. The minimum Gasteiger partial charge on any atom is -0.467 e. The Balaban J connectivity index is 1.79. The monoisotopic (exact) mass is 305 g/mol. The molecule has 1 aliphatic heterocycles. The van der Waals surface area contributed by atoms with E-state index in [0.717, 1.165) is 10.1 Å². The summed E-state index contributed by atoms with van der Waals surface area (Å²) in [6.07, 6.45) is -0.693. The van der Waals surface area contributed by atoms with Gasteiger partial charge in [-0.05, 0) is 17.5 Å². The highest BCUT2D eigenvalue weighted by atomic mass is 32.1. The first-order valence-electron chi connectivity index (χ1n) is 6.66. The smallest absolute Gasteiger partial charge is 0.336 e. The van der Waals surface area contributed by atoms with E-state index < -0.39 is 12.1 Å². The SMILES string of the molecule is COC(=O)C1CN(C(=O)c2cc3ccccc3s2)CCO1. The molecule has 0 saturated carbocycles. The number of rotatable bonds is 2. The van der Waals surface area contributed by atoms with Gasteiger partial charge in [-0.3, -0.25) is 4.79 Å². The van der Waals surface area contributed by atoms with Gasteiger partial charge < -0.3 is 14.4 Å². The van der Waals surface area contributed by atoms with Gasteiger partial charge >= 0.3 is 5.97 Å². The number of methoxy groups -OCH3 is 1. The lowest BCUT2D eigenvalue weighted by Crippen LogP contribution is -2.48. The number of fused-ring (bicyclic) bond motifs is 1. The molecule has 0 bridgehead atoms. The molecule has 1 aromatic heterocycles. The van der Waals surface area contributed by atoms with Crippen LogP contribution < -0.4 is 0 Å². The topological polar surface area (TPSA) is 55.8 Å². The number of thiophene rings is 1. The van der Waals surface area contributed by atoms with E-state index in [1.807, 2.05) is 30.3 Å². The van der Waals surface area contributed by atoms with Crippen LogP contribution in [0.15, 0.2) is 30.3 Å². The number of hydrogen-bond acceptors (Lipinski definition) is 5. The van der Waals surface area contributed by atoms with Crippen LogP contribution in [0.4, 0.5) is 0 Å². The first-order valence-corrected chi connectivity index (χ1v) is 7.48. The van der Waals surface area contributed by atoms with Crippen molar-refractivity contribution in [1.82, 2.24) is 4.90 Å². The van der Waals surface area contributed by atoms with Crippen molar-refractivity contribution in [3.8, 4) is 0 Å². The van der Waals surface area contributed by atoms with E-state index in [1.54, 1.807) is 4.90 Å². The maximum absolute atomic E-state index is 12.6. The number of carbonyl (C=O) groups excluding carboxylic acids is 2. The summed E-state index contributed by atoms with van der Waals surface area (Å²) in [5.41, 5.74) is 0. The zero-order valence-electron chi connectivity index (χ0n) is 11.6. The second kappa shape index (κ2) is 5.83. The third kappa shape index (κ3) is 2.77. The maximum Gasteiger partial charge on any atom is 0.336 e. The Morgan fingerprint density at radius 3 is 2.95 bits per heavy atom. The highest BCUT2D eigenvalue weighted by Crippen LogP contribution is 2.26. The molecule has 0 aliphatic carbocycles. The van der Waals surface area contributed by atoms with E-state index in [9.17, 15) is 9.59 Å². The summed E-state index contributed by atoms with van der Waals surface area (Å²) in [6, 6.07) is 9.78. The average Bonchev–Trinajstić information content (AvgIpc) is 2.97. The molecule has 21 heavy (non-hydrogen) atoms. The fraction of sp³-hybridized carbons (Fsp3) is 0.333. The number of amides is 1. The maximum atomic E-state index is 12.6. The number of hydrogen-bond donors (Lipinski definition) is 0. The van der Waals surface area contributed by atoms with Crippen LogP contribution >= 0.6 is 11.3 Å². The van der Waals surface area contributed by atoms with Gasteiger partial charge in [0.1, 0.15) is 0 Å². The first kappa shape index (κ1) is 14.0. The van der Waals surface area contributed by atoms with Gasteiger partial charge in [0.05, 0.1) is 25.1 Å². The first-order chi connectivity index (χ1) is 10.2. The lowest BCUT2D eigenvalue weighted by atomic mass is 10.2. The van der Waals surface area contributed by atoms with Gasteiger partial charge in [0.2, 0.25) is 0 Å². The Morgan fingerprint density at radius 1 is 1.38 bits per heavy atom. The van der Waals surface area contributed by atoms with Crippen molar-refractivity contribution in [2.75, 3.05) is 26.8 Å². The molecular formula is C15H15NO4S. The molecule has 2 heterocycles. The summed E-state index contributed by atoms with van der Waals surface area (Å²) in [5.74, 6) is -0.503. The van der Waals surface area contributed by atoms with E-state index in [-0.39, 0.29) is 12.5 Å². The average molecular weight is 305 g/mol. The van der Waals surface area contributed by atoms with Gasteiger partial charge in [0, 0.05) is 11.2 Å². The van der Waals surface area contributed by atoms with Gasteiger partial charge in [-0.1, -0.05) is 18.2 Å². The molecule has 1 saturated heterocycles. The summed E-state index contributed by atoms with van der Waals surface area (Å²) in [4.78, 5) is 26.4. The molecule has 2 aromatic rings. The quantitative estimate of drug-likeness (QED) is 0.795. The Morgan fingerprint density at radius 2 is 2.19 bits per heavy atom. The van der Waals surface area contributed by atoms with Crippen LogP contribution in [0.1, 0.15) is 9.67 Å². The largest absolute Gasteiger partial charge is 0.467 e. The van der Waals surface area contributed by atoms with Crippen LogP contribution in [0.25, 0.3) is 10.1 Å². The highest BCUT2D eigenvalue weighted by Gasteiger charge is 2.30. The molecule has 0 spiro atoms. The third-order valence-electron chi connectivity index (χ3n) is 3.45. The van der Waals surface area contributed by atoms with Gasteiger partial charge in [-0.25, -0.2) is 4.79 Å². The van der Waals surface area contributed by atoms with E-state index in [4.69, 9.17) is 4.74 Å². The fourth-order valence-corrected chi connectivity index (χ4v) is 3.38. The minimum atomic E-state index is -0.693. The summed E-state index contributed by atoms with van der Waals surface area (Å²) >= 11 is 1.47. The molecule has 3 rings (SSSR count). The van der Waals surface area contributed by atoms with E-state index >= 15 is 0 Å². The van der Waals surface area contributed by atoms with Gasteiger partial charge in [-0.15, -0.1) is 11.3 Å². The number of morpholine rings is 1. The lowest BCUT2D eigenvalue weighted by molar-refractivity contribution is -0.158. The van der Waals surface area contributed by atoms with Gasteiger partial charge in [0.25, 0.3) is 5.91 Å². The second-order valence-electron chi connectivity index (χ2n) is 4.78. The summed E-state index contributed by atoms with van der Waals surface area (Å²) in [7, 11) is 1.32. The van der Waals surface area contributed by atoms with E-state index in [0.29, 0.717) is 18.0 Å². The second-order valence-corrected chi connectivity index (χ2v) is 5.87. The summed E-state index contributed by atoms with van der Waals surface area (Å²) in [6.45, 7) is 1.07. The normalized spacial score (nSPS) is 18.7. The molecule has 1 amide bonds. The predicted molar refractivity (Wildman–Crippen MR) is 79.5 cm³/mol. The molecular weight excluding hydrogens is 290 g/mol. The third-order valence-corrected chi connectivity index (χ3v) is 4.56. The highest BCUT2D eigenvalue weighted by molar-refractivity contribution is 7.20. The molecule has 1 fully saturated rings. The summed E-state index contributed by atoms with van der Waals surface area (Å²) < 4.78 is 11.1. The molecule has 0 N–H and O–H groups in total. The van der Waals surface area contributed by atoms with Crippen molar-refractivity contribution in [2.24, 2.45) is 0 Å². The molecule has 1 aliphatic rings. The van der Waals surface area contributed by atoms with Crippen LogP contribution in [0.2, 0.25) is 0 Å². The standard InChI is InChI=1S/C15H15NO4S/c1-19-15(18)11-9-16(6-7-20-11)14(17)13-8-10-4-2-3-5-12(10)21-13/h2-5,8,11H,6-7,9H2,1H3. The van der Waals surface area contributed by atoms with Crippen molar-refractivity contribution in [3.05, 3.63) is 35.2 Å². The van der Waals surface area contributed by atoms with Crippen LogP contribution in [-0.4, -0.2) is 49.7 Å². The molecule has 0 radical (unpaired) electrons. The predicted octanol–water partition coefficient (Wildman–Crippen LogP) is 1.92. The zero-order valence-corrected chi connectivity index (χ0v) is 12.4. The number of ether oxygens (including phenoxy) is 2. The van der Waals surface area contributed by atoms with Crippen molar-refractivity contribution in [3.63, 3.8) is 0 Å². The van der Waals surface area contributed by atoms with Crippen LogP contribution in [0, 0.1) is 0 Å². The fourth-order valence-electron chi connectivity index (χ4n) is 2.35. The number of nitrogens with zero attached hydrogens (tertiary/aromatic N) is 1. The van der Waals surface area contributed by atoms with E-state index in [2.05, 4.69) is 4.74 Å². The number of esters is 1. The molecule has 5 nitrogen and oxygen atoms in total. The van der Waals surface area contributed by atoms with Crippen molar-refractivity contribution < 1.29 is 19.1 Å².